The summed E-state index contributed by atoms with van der Waals surface area (Å²) in [5, 5.41) is 13.6. The minimum Gasteiger partial charge on any atom is -0.478 e. The SMILES string of the molecule is Cn1c(N2CCC(C)(C)CC2)nc2c(CCNc3ccccc3C(=O)O)cc(Cl)cc2c1=O. The second kappa shape index (κ2) is 9.06. The quantitative estimate of drug-likeness (QED) is 0.551. The maximum Gasteiger partial charge on any atom is 0.337 e. The number of rotatable bonds is 6. The van der Waals surface area contributed by atoms with E-state index in [0.717, 1.165) is 31.5 Å². The first kappa shape index (κ1) is 23.1. The van der Waals surface area contributed by atoms with Gasteiger partial charge in [-0.1, -0.05) is 37.6 Å². The fourth-order valence-corrected chi connectivity index (χ4v) is 4.58. The molecule has 174 valence electrons. The zero-order valence-corrected chi connectivity index (χ0v) is 19.9. The molecule has 1 aliphatic rings. The van der Waals surface area contributed by atoms with E-state index < -0.39 is 5.97 Å². The molecule has 8 heteroatoms. The largest absolute Gasteiger partial charge is 0.478 e. The standard InChI is InChI=1S/C25H29ClN4O3/c1-25(2)9-12-30(13-10-25)24-28-21-16(14-17(26)15-19(21)22(31)29(24)3)8-11-27-20-7-5-4-6-18(20)23(32)33/h4-7,14-15,27H,8-13H2,1-3H3,(H,32,33). The minimum atomic E-state index is -0.981. The van der Waals surface area contributed by atoms with Gasteiger partial charge < -0.3 is 15.3 Å². The number of carbonyl (C=O) groups is 1. The molecule has 0 spiro atoms. The highest BCUT2D eigenvalue weighted by Crippen LogP contribution is 2.32. The lowest BCUT2D eigenvalue weighted by molar-refractivity contribution is 0.0698. The Hall–Kier alpha value is -3.06. The number of aromatic carboxylic acids is 1. The monoisotopic (exact) mass is 468 g/mol. The number of nitrogens with one attached hydrogen (secondary N) is 1. The van der Waals surface area contributed by atoms with Crippen molar-refractivity contribution in [1.29, 1.82) is 0 Å². The number of hydrogen-bond acceptors (Lipinski definition) is 5. The molecule has 1 saturated heterocycles. The topological polar surface area (TPSA) is 87.5 Å². The van der Waals surface area contributed by atoms with Crippen LogP contribution in [-0.4, -0.2) is 40.3 Å². The molecular formula is C25H29ClN4O3. The van der Waals surface area contributed by atoms with Crippen LogP contribution in [0.25, 0.3) is 10.9 Å². The van der Waals surface area contributed by atoms with Crippen molar-refractivity contribution in [3.63, 3.8) is 0 Å². The summed E-state index contributed by atoms with van der Waals surface area (Å²) in [4.78, 5) is 31.8. The molecular weight excluding hydrogens is 440 g/mol. The van der Waals surface area contributed by atoms with E-state index in [1.165, 1.54) is 0 Å². The number of anilines is 2. The highest BCUT2D eigenvalue weighted by Gasteiger charge is 2.27. The van der Waals surface area contributed by atoms with Crippen LogP contribution in [0.3, 0.4) is 0 Å². The number of aromatic nitrogens is 2. The highest BCUT2D eigenvalue weighted by atomic mass is 35.5. The fraction of sp³-hybridized carbons (Fsp3) is 0.400. The lowest BCUT2D eigenvalue weighted by Gasteiger charge is -2.38. The summed E-state index contributed by atoms with van der Waals surface area (Å²) < 4.78 is 1.61. The van der Waals surface area contributed by atoms with E-state index in [9.17, 15) is 14.7 Å². The maximum atomic E-state index is 13.2. The van der Waals surface area contributed by atoms with Gasteiger partial charge in [-0.25, -0.2) is 9.78 Å². The number of halogens is 1. The molecule has 0 atom stereocenters. The van der Waals surface area contributed by atoms with E-state index in [-0.39, 0.29) is 11.1 Å². The van der Waals surface area contributed by atoms with Crippen molar-refractivity contribution in [1.82, 2.24) is 9.55 Å². The van der Waals surface area contributed by atoms with Gasteiger partial charge in [-0.15, -0.1) is 0 Å². The van der Waals surface area contributed by atoms with Crippen LogP contribution in [0.4, 0.5) is 11.6 Å². The molecule has 2 heterocycles. The maximum absolute atomic E-state index is 13.2. The third-order valence-electron chi connectivity index (χ3n) is 6.47. The van der Waals surface area contributed by atoms with Crippen LogP contribution in [0.2, 0.25) is 5.02 Å². The minimum absolute atomic E-state index is 0.118. The predicted octanol–water partition coefficient (Wildman–Crippen LogP) is 4.57. The molecule has 1 fully saturated rings. The third kappa shape index (κ3) is 4.83. The van der Waals surface area contributed by atoms with Crippen molar-refractivity contribution >= 4 is 40.1 Å². The number of fused-ring (bicyclic) bond motifs is 1. The number of carboxylic acid groups (broad SMARTS) is 1. The van der Waals surface area contributed by atoms with Crippen LogP contribution in [0.15, 0.2) is 41.2 Å². The molecule has 3 aromatic rings. The van der Waals surface area contributed by atoms with E-state index >= 15 is 0 Å². The van der Waals surface area contributed by atoms with Crippen LogP contribution in [-0.2, 0) is 13.5 Å². The normalized spacial score (nSPS) is 15.6. The third-order valence-corrected chi connectivity index (χ3v) is 6.69. The Morgan fingerprint density at radius 1 is 1.21 bits per heavy atom. The molecule has 0 radical (unpaired) electrons. The van der Waals surface area contributed by atoms with Crippen molar-refractivity contribution in [2.75, 3.05) is 29.9 Å². The molecule has 1 aromatic heterocycles. The first-order chi connectivity index (χ1) is 15.7. The summed E-state index contributed by atoms with van der Waals surface area (Å²) in [6, 6.07) is 10.3. The molecule has 1 aliphatic heterocycles. The van der Waals surface area contributed by atoms with E-state index in [1.54, 1.807) is 41.9 Å². The molecule has 2 N–H and O–H groups in total. The van der Waals surface area contributed by atoms with Gasteiger partial charge in [0, 0.05) is 37.4 Å². The van der Waals surface area contributed by atoms with Gasteiger partial charge in [-0.2, -0.15) is 0 Å². The van der Waals surface area contributed by atoms with Gasteiger partial charge in [-0.05, 0) is 54.5 Å². The van der Waals surface area contributed by atoms with Gasteiger partial charge >= 0.3 is 5.97 Å². The molecule has 0 amide bonds. The summed E-state index contributed by atoms with van der Waals surface area (Å²) in [6.45, 7) is 6.73. The van der Waals surface area contributed by atoms with Crippen LogP contribution in [0.1, 0.15) is 42.6 Å². The lowest BCUT2D eigenvalue weighted by atomic mass is 9.83. The van der Waals surface area contributed by atoms with Crippen LogP contribution < -0.4 is 15.8 Å². The first-order valence-corrected chi connectivity index (χ1v) is 11.5. The summed E-state index contributed by atoms with van der Waals surface area (Å²) in [5.74, 6) is -0.304. The highest BCUT2D eigenvalue weighted by molar-refractivity contribution is 6.31. The van der Waals surface area contributed by atoms with Crippen LogP contribution in [0.5, 0.6) is 0 Å². The number of nitrogens with zero attached hydrogens (tertiary/aromatic N) is 3. The van der Waals surface area contributed by atoms with Gasteiger partial charge in [0.1, 0.15) is 0 Å². The average Bonchev–Trinajstić information content (AvgIpc) is 2.77. The molecule has 0 aliphatic carbocycles. The van der Waals surface area contributed by atoms with Gasteiger partial charge in [0.25, 0.3) is 5.56 Å². The fourth-order valence-electron chi connectivity index (χ4n) is 4.34. The number of para-hydroxylation sites is 1. The van der Waals surface area contributed by atoms with Crippen molar-refractivity contribution in [2.24, 2.45) is 12.5 Å². The molecule has 0 bridgehead atoms. The summed E-state index contributed by atoms with van der Waals surface area (Å²) in [5.41, 5.74) is 2.45. The molecule has 0 unspecified atom stereocenters. The van der Waals surface area contributed by atoms with Crippen molar-refractivity contribution < 1.29 is 9.90 Å². The summed E-state index contributed by atoms with van der Waals surface area (Å²) >= 11 is 6.35. The second-order valence-corrected chi connectivity index (χ2v) is 9.85. The number of piperidine rings is 1. The Labute approximate surface area is 198 Å². The smallest absolute Gasteiger partial charge is 0.337 e. The Morgan fingerprint density at radius 3 is 2.61 bits per heavy atom. The Morgan fingerprint density at radius 2 is 1.91 bits per heavy atom. The van der Waals surface area contributed by atoms with Crippen molar-refractivity contribution in [3.8, 4) is 0 Å². The van der Waals surface area contributed by atoms with Gasteiger partial charge in [0.05, 0.1) is 16.5 Å². The molecule has 7 nitrogen and oxygen atoms in total. The Balaban J connectivity index is 1.65. The summed E-state index contributed by atoms with van der Waals surface area (Å²) in [7, 11) is 1.76. The van der Waals surface area contributed by atoms with Crippen molar-refractivity contribution in [2.45, 2.75) is 33.1 Å². The lowest BCUT2D eigenvalue weighted by Crippen LogP contribution is -2.40. The Kier molecular flexibility index (Phi) is 6.34. The van der Waals surface area contributed by atoms with E-state index in [4.69, 9.17) is 16.6 Å². The second-order valence-electron chi connectivity index (χ2n) is 9.42. The van der Waals surface area contributed by atoms with Crippen LogP contribution >= 0.6 is 11.6 Å². The number of hydrogen-bond donors (Lipinski definition) is 2. The Bertz CT molecular complexity index is 1260. The first-order valence-electron chi connectivity index (χ1n) is 11.2. The zero-order chi connectivity index (χ0) is 23.8. The van der Waals surface area contributed by atoms with E-state index in [0.29, 0.717) is 45.9 Å². The number of benzene rings is 2. The van der Waals surface area contributed by atoms with Crippen molar-refractivity contribution in [3.05, 3.63) is 62.9 Å². The van der Waals surface area contributed by atoms with Crippen LogP contribution in [0, 0.1) is 5.41 Å². The molecule has 33 heavy (non-hydrogen) atoms. The molecule has 4 rings (SSSR count). The predicted molar refractivity (Wildman–Crippen MR) is 133 cm³/mol. The van der Waals surface area contributed by atoms with Gasteiger partial charge in [0.2, 0.25) is 5.95 Å². The van der Waals surface area contributed by atoms with E-state index in [2.05, 4.69) is 24.1 Å². The molecule has 0 saturated carbocycles. The number of carboxylic acids is 1. The average molecular weight is 469 g/mol. The zero-order valence-electron chi connectivity index (χ0n) is 19.2. The summed E-state index contributed by atoms with van der Waals surface area (Å²) in [6.07, 6.45) is 2.63. The van der Waals surface area contributed by atoms with Gasteiger partial charge in [-0.3, -0.25) is 9.36 Å². The van der Waals surface area contributed by atoms with Gasteiger partial charge in [0.15, 0.2) is 0 Å². The molecule has 2 aromatic carbocycles. The van der Waals surface area contributed by atoms with E-state index in [1.807, 2.05) is 6.07 Å².